The molecular weight excluding hydrogens is 406 g/mol. The Hall–Kier alpha value is -2.40. The zero-order valence-corrected chi connectivity index (χ0v) is 18.6. The Bertz CT molecular complexity index is 934. The molecule has 0 bridgehead atoms. The van der Waals surface area contributed by atoms with Gasteiger partial charge in [-0.3, -0.25) is 4.90 Å². The molecule has 2 heterocycles. The second kappa shape index (κ2) is 10.8. The van der Waals surface area contributed by atoms with Gasteiger partial charge < -0.3 is 10.4 Å². The third kappa shape index (κ3) is 6.54. The first-order chi connectivity index (χ1) is 15.2. The minimum Gasteiger partial charge on any atom is -0.393 e. The zero-order valence-electron chi connectivity index (χ0n) is 17.8. The summed E-state index contributed by atoms with van der Waals surface area (Å²) >= 11 is 5.96. The number of hydrogen-bond donors (Lipinski definition) is 2. The van der Waals surface area contributed by atoms with Crippen molar-refractivity contribution in [2.24, 2.45) is 0 Å². The van der Waals surface area contributed by atoms with E-state index in [0.29, 0.717) is 0 Å². The quantitative estimate of drug-likeness (QED) is 0.465. The monoisotopic (exact) mass is 435 g/mol. The van der Waals surface area contributed by atoms with Crippen LogP contribution in [0.3, 0.4) is 0 Å². The Kier molecular flexibility index (Phi) is 7.57. The van der Waals surface area contributed by atoms with Crippen molar-refractivity contribution in [1.82, 2.24) is 9.88 Å². The summed E-state index contributed by atoms with van der Waals surface area (Å²) in [6.07, 6.45) is 5.68. The molecule has 4 nitrogen and oxygen atoms in total. The number of hydrogen-bond acceptors (Lipinski definition) is 4. The van der Waals surface area contributed by atoms with Gasteiger partial charge in [-0.15, -0.1) is 0 Å². The van der Waals surface area contributed by atoms with Crippen LogP contribution in [0, 0.1) is 0 Å². The number of halogens is 1. The van der Waals surface area contributed by atoms with E-state index in [1.54, 1.807) is 0 Å². The molecule has 0 unspecified atom stereocenters. The summed E-state index contributed by atoms with van der Waals surface area (Å²) in [5.74, 6) is 0.903. The Morgan fingerprint density at radius 2 is 1.58 bits per heavy atom. The van der Waals surface area contributed by atoms with Crippen LogP contribution >= 0.6 is 11.6 Å². The molecule has 0 radical (unpaired) electrons. The van der Waals surface area contributed by atoms with Crippen LogP contribution in [0.2, 0.25) is 5.02 Å². The summed E-state index contributed by atoms with van der Waals surface area (Å²) in [5, 5.41) is 13.8. The summed E-state index contributed by atoms with van der Waals surface area (Å²) < 4.78 is 0. The summed E-state index contributed by atoms with van der Waals surface area (Å²) in [6, 6.07) is 20.9. The highest BCUT2D eigenvalue weighted by molar-refractivity contribution is 6.30. The molecule has 0 saturated carbocycles. The zero-order chi connectivity index (χ0) is 21.5. The van der Waals surface area contributed by atoms with Crippen LogP contribution in [0.4, 0.5) is 5.82 Å². The minimum absolute atomic E-state index is 0.108. The summed E-state index contributed by atoms with van der Waals surface area (Å²) in [4.78, 5) is 6.96. The van der Waals surface area contributed by atoms with Crippen LogP contribution in [0.15, 0.2) is 66.9 Å². The molecule has 3 aromatic rings. The molecule has 0 aliphatic carbocycles. The van der Waals surface area contributed by atoms with E-state index in [1.165, 1.54) is 11.1 Å². The average Bonchev–Trinajstić information content (AvgIpc) is 2.80. The fourth-order valence-corrected chi connectivity index (χ4v) is 4.09. The van der Waals surface area contributed by atoms with Gasteiger partial charge in [0.15, 0.2) is 0 Å². The van der Waals surface area contributed by atoms with Gasteiger partial charge in [-0.1, -0.05) is 48.0 Å². The Morgan fingerprint density at radius 1 is 0.903 bits per heavy atom. The fourth-order valence-electron chi connectivity index (χ4n) is 3.97. The maximum atomic E-state index is 9.63. The van der Waals surface area contributed by atoms with Crippen LogP contribution in [-0.4, -0.2) is 40.7 Å². The van der Waals surface area contributed by atoms with Gasteiger partial charge in [-0.25, -0.2) is 4.98 Å². The molecule has 162 valence electrons. The lowest BCUT2D eigenvalue weighted by Crippen LogP contribution is -2.35. The van der Waals surface area contributed by atoms with Crippen molar-refractivity contribution < 1.29 is 5.11 Å². The van der Waals surface area contributed by atoms with Crippen LogP contribution in [0.25, 0.3) is 11.1 Å². The third-order valence-corrected chi connectivity index (χ3v) is 6.13. The minimum atomic E-state index is -0.108. The second-order valence-corrected chi connectivity index (χ2v) is 8.73. The number of likely N-dealkylation sites (tertiary alicyclic amines) is 1. The first-order valence-electron chi connectivity index (χ1n) is 11.1. The first-order valence-corrected chi connectivity index (χ1v) is 11.5. The van der Waals surface area contributed by atoms with Crippen molar-refractivity contribution in [2.75, 3.05) is 25.0 Å². The lowest BCUT2D eigenvalue weighted by atomic mass is 10.0. The van der Waals surface area contributed by atoms with E-state index in [9.17, 15) is 5.11 Å². The maximum absolute atomic E-state index is 9.63. The van der Waals surface area contributed by atoms with Gasteiger partial charge in [-0.2, -0.15) is 0 Å². The Balaban J connectivity index is 1.18. The van der Waals surface area contributed by atoms with Gasteiger partial charge in [0.25, 0.3) is 0 Å². The van der Waals surface area contributed by atoms with Gasteiger partial charge in [0.2, 0.25) is 0 Å². The number of aromatic nitrogens is 1. The molecule has 0 atom stereocenters. The fraction of sp³-hybridized carbons (Fsp3) is 0.346. The van der Waals surface area contributed by atoms with Gasteiger partial charge in [0, 0.05) is 43.0 Å². The number of aryl methyl sites for hydroxylation is 1. The summed E-state index contributed by atoms with van der Waals surface area (Å²) in [6.45, 7) is 3.85. The highest BCUT2D eigenvalue weighted by atomic mass is 35.5. The predicted octanol–water partition coefficient (Wildman–Crippen LogP) is 5.40. The first kappa shape index (κ1) is 21.8. The van der Waals surface area contributed by atoms with Crippen molar-refractivity contribution in [3.8, 4) is 11.1 Å². The Morgan fingerprint density at radius 3 is 2.26 bits per heavy atom. The molecule has 0 amide bonds. The predicted molar refractivity (Wildman–Crippen MR) is 128 cm³/mol. The van der Waals surface area contributed by atoms with E-state index in [2.05, 4.69) is 45.5 Å². The van der Waals surface area contributed by atoms with E-state index < -0.39 is 0 Å². The smallest absolute Gasteiger partial charge is 0.125 e. The lowest BCUT2D eigenvalue weighted by Gasteiger charge is -2.29. The molecular formula is C26H30ClN3O. The van der Waals surface area contributed by atoms with Crippen molar-refractivity contribution in [2.45, 2.75) is 38.3 Å². The number of benzene rings is 2. The van der Waals surface area contributed by atoms with Crippen LogP contribution in [0.1, 0.15) is 30.4 Å². The van der Waals surface area contributed by atoms with Crippen molar-refractivity contribution in [1.29, 1.82) is 0 Å². The second-order valence-electron chi connectivity index (χ2n) is 8.29. The van der Waals surface area contributed by atoms with E-state index in [4.69, 9.17) is 11.6 Å². The third-order valence-electron chi connectivity index (χ3n) is 5.88. The van der Waals surface area contributed by atoms with E-state index in [0.717, 1.165) is 73.8 Å². The van der Waals surface area contributed by atoms with Crippen LogP contribution < -0.4 is 5.32 Å². The molecule has 1 aromatic heterocycles. The SMILES string of the molecule is OC1CCN(Cc2ccc(CCCNc3ccc(-c4ccc(Cl)cc4)cn3)cc2)CC1. The lowest BCUT2D eigenvalue weighted by molar-refractivity contribution is 0.0792. The number of rotatable bonds is 8. The molecule has 2 aromatic carbocycles. The van der Waals surface area contributed by atoms with Crippen LogP contribution in [-0.2, 0) is 13.0 Å². The number of aliphatic hydroxyl groups is 1. The molecule has 31 heavy (non-hydrogen) atoms. The summed E-state index contributed by atoms with van der Waals surface area (Å²) in [5.41, 5.74) is 4.92. The topological polar surface area (TPSA) is 48.4 Å². The normalized spacial score (nSPS) is 15.2. The molecule has 0 spiro atoms. The van der Waals surface area contributed by atoms with Gasteiger partial charge in [0.1, 0.15) is 5.82 Å². The molecule has 1 saturated heterocycles. The van der Waals surface area contributed by atoms with Crippen molar-refractivity contribution in [3.63, 3.8) is 0 Å². The molecule has 4 rings (SSSR count). The molecule has 1 aliphatic rings. The Labute approximate surface area is 189 Å². The number of anilines is 1. The van der Waals surface area contributed by atoms with Gasteiger partial charge >= 0.3 is 0 Å². The van der Waals surface area contributed by atoms with Gasteiger partial charge in [-0.05, 0) is 66.6 Å². The molecule has 2 N–H and O–H groups in total. The molecule has 1 aliphatic heterocycles. The highest BCUT2D eigenvalue weighted by Crippen LogP contribution is 2.21. The molecule has 5 heteroatoms. The van der Waals surface area contributed by atoms with Crippen molar-refractivity contribution >= 4 is 17.4 Å². The average molecular weight is 436 g/mol. The molecule has 1 fully saturated rings. The number of nitrogens with zero attached hydrogens (tertiary/aromatic N) is 2. The highest BCUT2D eigenvalue weighted by Gasteiger charge is 2.16. The number of aliphatic hydroxyl groups excluding tert-OH is 1. The largest absolute Gasteiger partial charge is 0.393 e. The number of nitrogens with one attached hydrogen (secondary N) is 1. The number of piperidine rings is 1. The van der Waals surface area contributed by atoms with Gasteiger partial charge in [0.05, 0.1) is 6.10 Å². The van der Waals surface area contributed by atoms with E-state index in [1.807, 2.05) is 36.5 Å². The van der Waals surface area contributed by atoms with Crippen LogP contribution in [0.5, 0.6) is 0 Å². The van der Waals surface area contributed by atoms with E-state index in [-0.39, 0.29) is 6.10 Å². The maximum Gasteiger partial charge on any atom is 0.125 e. The summed E-state index contributed by atoms with van der Waals surface area (Å²) in [7, 11) is 0. The van der Waals surface area contributed by atoms with E-state index >= 15 is 0 Å². The van der Waals surface area contributed by atoms with Crippen molar-refractivity contribution in [3.05, 3.63) is 83.0 Å². The number of pyridine rings is 1. The standard InChI is InChI=1S/C26H30ClN3O/c27-24-10-7-22(8-11-24)23-9-12-26(29-18-23)28-15-1-2-20-3-5-21(6-4-20)19-30-16-13-25(31)14-17-30/h3-12,18,25,31H,1-2,13-17,19H2,(H,28,29).